The summed E-state index contributed by atoms with van der Waals surface area (Å²) in [6.45, 7) is 0.320. The standard InChI is InChI=1S/C16H17NO4S/c1-21-14-5-3-4-13(10-14)16(18)17-11-12-6-8-15(9-7-12)22(2,19)20/h3-10H,11H2,1-2H3,(H,17,18). The van der Waals surface area contributed by atoms with Crippen LogP contribution in [0, 0.1) is 0 Å². The van der Waals surface area contributed by atoms with Crippen molar-refractivity contribution >= 4 is 15.7 Å². The van der Waals surface area contributed by atoms with Crippen LogP contribution in [0.5, 0.6) is 5.75 Å². The van der Waals surface area contributed by atoms with Crippen molar-refractivity contribution in [2.45, 2.75) is 11.4 Å². The van der Waals surface area contributed by atoms with Crippen molar-refractivity contribution in [3.05, 3.63) is 59.7 Å². The molecule has 0 spiro atoms. The maximum Gasteiger partial charge on any atom is 0.251 e. The number of methoxy groups -OCH3 is 1. The highest BCUT2D eigenvalue weighted by Gasteiger charge is 2.08. The third-order valence-corrected chi connectivity index (χ3v) is 4.26. The van der Waals surface area contributed by atoms with Gasteiger partial charge in [-0.3, -0.25) is 4.79 Å². The number of nitrogens with one attached hydrogen (secondary N) is 1. The van der Waals surface area contributed by atoms with E-state index in [1.807, 2.05) is 0 Å². The largest absolute Gasteiger partial charge is 0.497 e. The molecule has 0 atom stereocenters. The third kappa shape index (κ3) is 4.08. The van der Waals surface area contributed by atoms with Gasteiger partial charge in [0.1, 0.15) is 5.75 Å². The lowest BCUT2D eigenvalue weighted by atomic mass is 10.2. The molecule has 2 aromatic rings. The van der Waals surface area contributed by atoms with Crippen LogP contribution in [0.1, 0.15) is 15.9 Å². The van der Waals surface area contributed by atoms with Gasteiger partial charge in [0, 0.05) is 18.4 Å². The van der Waals surface area contributed by atoms with Gasteiger partial charge in [0.2, 0.25) is 0 Å². The van der Waals surface area contributed by atoms with Gasteiger partial charge in [0.15, 0.2) is 9.84 Å². The van der Waals surface area contributed by atoms with Crippen molar-refractivity contribution in [2.75, 3.05) is 13.4 Å². The van der Waals surface area contributed by atoms with E-state index in [-0.39, 0.29) is 10.8 Å². The molecule has 1 amide bonds. The molecule has 0 aliphatic heterocycles. The predicted octanol–water partition coefficient (Wildman–Crippen LogP) is 2.03. The highest BCUT2D eigenvalue weighted by atomic mass is 32.2. The molecule has 0 saturated carbocycles. The highest BCUT2D eigenvalue weighted by Crippen LogP contribution is 2.13. The molecule has 2 rings (SSSR count). The van der Waals surface area contributed by atoms with Crippen molar-refractivity contribution in [1.29, 1.82) is 0 Å². The van der Waals surface area contributed by atoms with Crippen LogP contribution in [-0.2, 0) is 16.4 Å². The summed E-state index contributed by atoms with van der Waals surface area (Å²) in [6.07, 6.45) is 1.16. The second-order valence-electron chi connectivity index (χ2n) is 4.83. The minimum Gasteiger partial charge on any atom is -0.497 e. The minimum atomic E-state index is -3.20. The van der Waals surface area contributed by atoms with Crippen molar-refractivity contribution < 1.29 is 17.9 Å². The number of sulfone groups is 1. The van der Waals surface area contributed by atoms with E-state index in [1.165, 1.54) is 12.1 Å². The highest BCUT2D eigenvalue weighted by molar-refractivity contribution is 7.90. The monoisotopic (exact) mass is 319 g/mol. The Morgan fingerprint density at radius 3 is 2.41 bits per heavy atom. The van der Waals surface area contributed by atoms with E-state index in [9.17, 15) is 13.2 Å². The number of carbonyl (C=O) groups excluding carboxylic acids is 1. The number of benzene rings is 2. The lowest BCUT2D eigenvalue weighted by molar-refractivity contribution is 0.0950. The summed E-state index contributed by atoms with van der Waals surface area (Å²) in [6, 6.07) is 13.3. The Morgan fingerprint density at radius 2 is 1.82 bits per heavy atom. The number of carbonyl (C=O) groups is 1. The maximum absolute atomic E-state index is 12.0. The van der Waals surface area contributed by atoms with E-state index < -0.39 is 9.84 Å². The van der Waals surface area contributed by atoms with Gasteiger partial charge in [-0.15, -0.1) is 0 Å². The molecule has 22 heavy (non-hydrogen) atoms. The zero-order valence-corrected chi connectivity index (χ0v) is 13.2. The van der Waals surface area contributed by atoms with Crippen LogP contribution in [0.15, 0.2) is 53.4 Å². The number of hydrogen-bond donors (Lipinski definition) is 1. The van der Waals surface area contributed by atoms with Crippen LogP contribution in [-0.4, -0.2) is 27.7 Å². The first-order valence-electron chi connectivity index (χ1n) is 6.61. The van der Waals surface area contributed by atoms with Gasteiger partial charge in [-0.1, -0.05) is 18.2 Å². The van der Waals surface area contributed by atoms with Crippen molar-refractivity contribution in [2.24, 2.45) is 0 Å². The zero-order valence-electron chi connectivity index (χ0n) is 12.4. The Labute approximate surface area is 129 Å². The van der Waals surface area contributed by atoms with Gasteiger partial charge in [-0.05, 0) is 35.9 Å². The van der Waals surface area contributed by atoms with Gasteiger partial charge in [-0.25, -0.2) is 8.42 Å². The fourth-order valence-electron chi connectivity index (χ4n) is 1.90. The summed E-state index contributed by atoms with van der Waals surface area (Å²) in [7, 11) is -1.66. The molecular weight excluding hydrogens is 302 g/mol. The van der Waals surface area contributed by atoms with Gasteiger partial charge in [0.05, 0.1) is 12.0 Å². The minimum absolute atomic E-state index is 0.217. The Hall–Kier alpha value is -2.34. The van der Waals surface area contributed by atoms with Crippen LogP contribution in [0.4, 0.5) is 0 Å². The van der Waals surface area contributed by atoms with E-state index in [2.05, 4.69) is 5.32 Å². The topological polar surface area (TPSA) is 72.5 Å². The first-order valence-corrected chi connectivity index (χ1v) is 8.50. The number of rotatable bonds is 5. The van der Waals surface area contributed by atoms with Crippen molar-refractivity contribution in [3.63, 3.8) is 0 Å². The van der Waals surface area contributed by atoms with E-state index in [1.54, 1.807) is 43.5 Å². The molecule has 1 N–H and O–H groups in total. The number of hydrogen-bond acceptors (Lipinski definition) is 4. The van der Waals surface area contributed by atoms with Gasteiger partial charge in [0.25, 0.3) is 5.91 Å². The van der Waals surface area contributed by atoms with Crippen LogP contribution in [0.2, 0.25) is 0 Å². The molecule has 6 heteroatoms. The quantitative estimate of drug-likeness (QED) is 0.915. The molecular formula is C16H17NO4S. The van der Waals surface area contributed by atoms with Crippen molar-refractivity contribution in [1.82, 2.24) is 5.32 Å². The van der Waals surface area contributed by atoms with Crippen LogP contribution >= 0.6 is 0 Å². The van der Waals surface area contributed by atoms with Crippen LogP contribution < -0.4 is 10.1 Å². The summed E-state index contributed by atoms with van der Waals surface area (Å²) in [5, 5.41) is 2.78. The first kappa shape index (κ1) is 16.0. The molecule has 0 bridgehead atoms. The number of ether oxygens (including phenoxy) is 1. The molecule has 0 heterocycles. The van der Waals surface area contributed by atoms with E-state index in [0.29, 0.717) is 17.9 Å². The summed E-state index contributed by atoms with van der Waals surface area (Å²) in [5.74, 6) is 0.399. The molecule has 0 aliphatic carbocycles. The second-order valence-corrected chi connectivity index (χ2v) is 6.85. The zero-order chi connectivity index (χ0) is 16.2. The smallest absolute Gasteiger partial charge is 0.251 e. The average Bonchev–Trinajstić information content (AvgIpc) is 2.52. The molecule has 0 fully saturated rings. The van der Waals surface area contributed by atoms with Gasteiger partial charge >= 0.3 is 0 Å². The molecule has 116 valence electrons. The van der Waals surface area contributed by atoms with Crippen LogP contribution in [0.25, 0.3) is 0 Å². The normalized spacial score (nSPS) is 11.0. The van der Waals surface area contributed by atoms with E-state index in [0.717, 1.165) is 11.8 Å². The summed E-state index contributed by atoms with van der Waals surface area (Å²) < 4.78 is 27.8. The Bertz CT molecular complexity index is 767. The first-order chi connectivity index (χ1) is 10.4. The van der Waals surface area contributed by atoms with E-state index >= 15 is 0 Å². The lowest BCUT2D eigenvalue weighted by Gasteiger charge is -2.07. The Morgan fingerprint density at radius 1 is 1.14 bits per heavy atom. The third-order valence-electron chi connectivity index (χ3n) is 3.14. The maximum atomic E-state index is 12.0. The molecule has 0 aromatic heterocycles. The second kappa shape index (κ2) is 6.62. The van der Waals surface area contributed by atoms with E-state index in [4.69, 9.17) is 4.74 Å². The Kier molecular flexibility index (Phi) is 4.82. The summed E-state index contributed by atoms with van der Waals surface area (Å²) in [5.41, 5.74) is 1.33. The predicted molar refractivity (Wildman–Crippen MR) is 83.7 cm³/mol. The SMILES string of the molecule is COc1cccc(C(=O)NCc2ccc(S(C)(=O)=O)cc2)c1. The summed E-state index contributed by atoms with van der Waals surface area (Å²) in [4.78, 5) is 12.3. The Balaban J connectivity index is 2.02. The van der Waals surface area contributed by atoms with Gasteiger partial charge in [-0.2, -0.15) is 0 Å². The van der Waals surface area contributed by atoms with Crippen LogP contribution in [0.3, 0.4) is 0 Å². The lowest BCUT2D eigenvalue weighted by Crippen LogP contribution is -2.22. The molecule has 5 nitrogen and oxygen atoms in total. The average molecular weight is 319 g/mol. The molecule has 2 aromatic carbocycles. The molecule has 0 radical (unpaired) electrons. The molecule has 0 saturated heterocycles. The fraction of sp³-hybridized carbons (Fsp3) is 0.188. The van der Waals surface area contributed by atoms with Gasteiger partial charge < -0.3 is 10.1 Å². The fourth-order valence-corrected chi connectivity index (χ4v) is 2.53. The van der Waals surface area contributed by atoms with Crippen molar-refractivity contribution in [3.8, 4) is 5.75 Å². The molecule has 0 aliphatic rings. The summed E-state index contributed by atoms with van der Waals surface area (Å²) >= 11 is 0. The number of amides is 1. The molecule has 0 unspecified atom stereocenters.